The van der Waals surface area contributed by atoms with Gasteiger partial charge in [-0.2, -0.15) is 4.72 Å². The summed E-state index contributed by atoms with van der Waals surface area (Å²) in [6.45, 7) is -3.56. The molecule has 2 N–H and O–H groups in total. The van der Waals surface area contributed by atoms with Gasteiger partial charge in [-0.3, -0.25) is 10.1 Å². The second-order valence-electron chi connectivity index (χ2n) is 7.14. The van der Waals surface area contributed by atoms with Crippen LogP contribution in [0.4, 0.5) is 18.9 Å². The van der Waals surface area contributed by atoms with Gasteiger partial charge in [0.2, 0.25) is 15.6 Å². The summed E-state index contributed by atoms with van der Waals surface area (Å²) in [6, 6.07) is 7.72. The van der Waals surface area contributed by atoms with E-state index in [9.17, 15) is 41.6 Å². The van der Waals surface area contributed by atoms with Gasteiger partial charge in [-0.1, -0.05) is 28.1 Å². The highest BCUT2D eigenvalue weighted by Gasteiger charge is 2.45. The van der Waals surface area contributed by atoms with Gasteiger partial charge in [-0.15, -0.1) is 0 Å². The van der Waals surface area contributed by atoms with Gasteiger partial charge in [0.05, 0.1) is 17.1 Å². The molecule has 2 aromatic carbocycles. The number of ether oxygens (including phenoxy) is 1. The molecule has 180 valence electrons. The molecule has 0 heterocycles. The summed E-state index contributed by atoms with van der Waals surface area (Å²) in [7, 11) is -4.76. The average molecular weight is 555 g/mol. The van der Waals surface area contributed by atoms with Crippen LogP contribution in [0.2, 0.25) is 0 Å². The number of hydrogen-bond donors (Lipinski definition) is 2. The third kappa shape index (κ3) is 5.69. The standard InChI is InChI=1S/C19H18BrF3N2O7S/c1-18(13-8-12(20)6-7-14(13)23,11-32-19(9-21,10-22)17(26)27)24-33(30,31)16-5-3-2-4-15(16)25(28)29/h2-8,24H,9-11H2,1H3,(H,26,27). The number of para-hydroxylation sites is 1. The molecule has 1 unspecified atom stereocenters. The Morgan fingerprint density at radius 2 is 1.85 bits per heavy atom. The molecule has 1 atom stereocenters. The Hall–Kier alpha value is -2.55. The van der Waals surface area contributed by atoms with Gasteiger partial charge in [0.15, 0.2) is 4.90 Å². The Kier molecular flexibility index (Phi) is 8.22. The number of nitrogens with zero attached hydrogens (tertiary/aromatic N) is 1. The third-order valence-electron chi connectivity index (χ3n) is 4.69. The fraction of sp³-hybridized carbons (Fsp3) is 0.316. The predicted molar refractivity (Wildman–Crippen MR) is 113 cm³/mol. The van der Waals surface area contributed by atoms with Crippen molar-refractivity contribution in [1.29, 1.82) is 0 Å². The number of nitrogens with one attached hydrogen (secondary N) is 1. The SMILES string of the molecule is CC(COC(CF)(CF)C(=O)O)(NS(=O)(=O)c1ccccc1[N+](=O)[O-])c1cc(Br)ccc1F. The minimum Gasteiger partial charge on any atom is -0.479 e. The van der Waals surface area contributed by atoms with Crippen molar-refractivity contribution in [3.8, 4) is 0 Å². The minimum atomic E-state index is -4.76. The van der Waals surface area contributed by atoms with Crippen molar-refractivity contribution in [2.24, 2.45) is 0 Å². The topological polar surface area (TPSA) is 136 Å². The molecule has 0 aliphatic carbocycles. The van der Waals surface area contributed by atoms with Gasteiger partial charge >= 0.3 is 5.97 Å². The maximum absolute atomic E-state index is 14.7. The van der Waals surface area contributed by atoms with Gasteiger partial charge in [0, 0.05) is 16.1 Å². The first-order chi connectivity index (χ1) is 15.3. The van der Waals surface area contributed by atoms with E-state index in [1.165, 1.54) is 18.2 Å². The molecular weight excluding hydrogens is 537 g/mol. The highest BCUT2D eigenvalue weighted by Crippen LogP contribution is 2.32. The van der Waals surface area contributed by atoms with Gasteiger partial charge in [0.25, 0.3) is 5.69 Å². The number of alkyl halides is 2. The number of carboxylic acids is 1. The Morgan fingerprint density at radius 1 is 1.24 bits per heavy atom. The van der Waals surface area contributed by atoms with E-state index in [4.69, 9.17) is 4.74 Å². The number of rotatable bonds is 11. The van der Waals surface area contributed by atoms with E-state index in [0.29, 0.717) is 0 Å². The van der Waals surface area contributed by atoms with Crippen LogP contribution in [0.1, 0.15) is 12.5 Å². The van der Waals surface area contributed by atoms with E-state index in [0.717, 1.165) is 31.2 Å². The first-order valence-corrected chi connectivity index (χ1v) is 11.3. The molecule has 2 aromatic rings. The zero-order chi connectivity index (χ0) is 25.0. The van der Waals surface area contributed by atoms with Crippen molar-refractivity contribution in [2.45, 2.75) is 23.0 Å². The van der Waals surface area contributed by atoms with Crippen molar-refractivity contribution < 1.29 is 41.2 Å². The zero-order valence-corrected chi connectivity index (χ0v) is 19.3. The van der Waals surface area contributed by atoms with E-state index in [2.05, 4.69) is 20.7 Å². The monoisotopic (exact) mass is 554 g/mol. The molecular formula is C19H18BrF3N2O7S. The average Bonchev–Trinajstić information content (AvgIpc) is 2.76. The smallest absolute Gasteiger partial charge is 0.341 e. The number of nitro groups is 1. The van der Waals surface area contributed by atoms with Crippen LogP contribution in [0.3, 0.4) is 0 Å². The van der Waals surface area contributed by atoms with Gasteiger partial charge in [-0.25, -0.2) is 26.4 Å². The fourth-order valence-corrected chi connectivity index (χ4v) is 4.75. The molecule has 0 aromatic heterocycles. The van der Waals surface area contributed by atoms with Crippen molar-refractivity contribution in [3.63, 3.8) is 0 Å². The summed E-state index contributed by atoms with van der Waals surface area (Å²) in [4.78, 5) is 21.0. The van der Waals surface area contributed by atoms with Crippen LogP contribution in [0.25, 0.3) is 0 Å². The lowest BCUT2D eigenvalue weighted by atomic mass is 9.93. The van der Waals surface area contributed by atoms with Crippen LogP contribution < -0.4 is 4.72 Å². The molecule has 9 nitrogen and oxygen atoms in total. The second kappa shape index (κ2) is 10.2. The van der Waals surface area contributed by atoms with Crippen LogP contribution in [-0.4, -0.2) is 50.0 Å². The van der Waals surface area contributed by atoms with Crippen molar-refractivity contribution in [2.75, 3.05) is 20.0 Å². The van der Waals surface area contributed by atoms with Gasteiger partial charge in [-0.05, 0) is 31.2 Å². The molecule has 0 spiro atoms. The van der Waals surface area contributed by atoms with Crippen LogP contribution in [-0.2, 0) is 25.1 Å². The van der Waals surface area contributed by atoms with Crippen LogP contribution in [0.15, 0.2) is 51.8 Å². The third-order valence-corrected chi connectivity index (χ3v) is 6.83. The number of carboxylic acid groups (broad SMARTS) is 1. The number of benzene rings is 2. The predicted octanol–water partition coefficient (Wildman–Crippen LogP) is 3.47. The quantitative estimate of drug-likeness (QED) is 0.320. The molecule has 0 radical (unpaired) electrons. The molecule has 0 aliphatic rings. The van der Waals surface area contributed by atoms with Gasteiger partial charge < -0.3 is 9.84 Å². The number of hydrogen-bond acceptors (Lipinski definition) is 6. The Labute approximate surface area is 194 Å². The second-order valence-corrected chi connectivity index (χ2v) is 9.71. The number of carbonyl (C=O) groups is 1. The van der Waals surface area contributed by atoms with E-state index in [1.807, 2.05) is 0 Å². The zero-order valence-electron chi connectivity index (χ0n) is 16.9. The van der Waals surface area contributed by atoms with E-state index < -0.39 is 68.4 Å². The summed E-state index contributed by atoms with van der Waals surface area (Å²) in [5, 5.41) is 20.5. The molecule has 2 rings (SSSR count). The highest BCUT2D eigenvalue weighted by molar-refractivity contribution is 9.10. The minimum absolute atomic E-state index is 0.287. The summed E-state index contributed by atoms with van der Waals surface area (Å²) in [5.74, 6) is -2.96. The summed E-state index contributed by atoms with van der Waals surface area (Å²) in [5.41, 5.74) is -6.28. The Morgan fingerprint density at radius 3 is 2.39 bits per heavy atom. The maximum Gasteiger partial charge on any atom is 0.341 e. The molecule has 0 aliphatic heterocycles. The van der Waals surface area contributed by atoms with E-state index in [-0.39, 0.29) is 10.0 Å². The highest BCUT2D eigenvalue weighted by atomic mass is 79.9. The molecule has 0 saturated carbocycles. The number of sulfonamides is 1. The number of halogens is 4. The first kappa shape index (κ1) is 26.7. The molecule has 0 amide bonds. The van der Waals surface area contributed by atoms with Crippen LogP contribution in [0.5, 0.6) is 0 Å². The largest absolute Gasteiger partial charge is 0.479 e. The molecule has 0 fully saturated rings. The molecule has 0 saturated heterocycles. The normalized spacial score (nSPS) is 14.0. The molecule has 14 heteroatoms. The summed E-state index contributed by atoms with van der Waals surface area (Å²) in [6.07, 6.45) is 0. The maximum atomic E-state index is 14.7. The Balaban J connectivity index is 2.62. The van der Waals surface area contributed by atoms with Crippen LogP contribution in [0, 0.1) is 15.9 Å². The Bertz CT molecular complexity index is 1160. The first-order valence-electron chi connectivity index (χ1n) is 9.04. The molecule has 0 bridgehead atoms. The number of aliphatic carboxylic acids is 1. The van der Waals surface area contributed by atoms with E-state index >= 15 is 0 Å². The van der Waals surface area contributed by atoms with Crippen molar-refractivity contribution in [3.05, 3.63) is 68.4 Å². The molecule has 33 heavy (non-hydrogen) atoms. The lowest BCUT2D eigenvalue weighted by Gasteiger charge is -2.34. The van der Waals surface area contributed by atoms with Crippen molar-refractivity contribution >= 4 is 37.6 Å². The lowest BCUT2D eigenvalue weighted by molar-refractivity contribution is -0.387. The summed E-state index contributed by atoms with van der Waals surface area (Å²) < 4.78 is 75.0. The summed E-state index contributed by atoms with van der Waals surface area (Å²) >= 11 is 3.10. The van der Waals surface area contributed by atoms with Gasteiger partial charge in [0.1, 0.15) is 19.2 Å². The number of nitro benzene ring substituents is 1. The van der Waals surface area contributed by atoms with Crippen molar-refractivity contribution in [1.82, 2.24) is 4.72 Å². The van der Waals surface area contributed by atoms with E-state index in [1.54, 1.807) is 0 Å². The fourth-order valence-electron chi connectivity index (χ4n) is 2.84. The van der Waals surface area contributed by atoms with Crippen LogP contribution >= 0.6 is 15.9 Å². The lowest BCUT2D eigenvalue weighted by Crippen LogP contribution is -2.53.